The highest BCUT2D eigenvalue weighted by Gasteiger charge is 2.13. The van der Waals surface area contributed by atoms with Crippen LogP contribution >= 0.6 is 0 Å². The van der Waals surface area contributed by atoms with Crippen LogP contribution in [0.25, 0.3) is 0 Å². The Labute approximate surface area is 117 Å². The fourth-order valence-electron chi connectivity index (χ4n) is 1.75. The average molecular weight is 281 g/mol. The lowest BCUT2D eigenvalue weighted by molar-refractivity contribution is -0.124. The van der Waals surface area contributed by atoms with Gasteiger partial charge in [0.05, 0.1) is 12.2 Å². The molecule has 1 atom stereocenters. The summed E-state index contributed by atoms with van der Waals surface area (Å²) < 4.78 is 10.3. The topological polar surface area (TPSA) is 84.9 Å². The molecule has 0 spiro atoms. The van der Waals surface area contributed by atoms with Gasteiger partial charge in [0.2, 0.25) is 0 Å². The molecule has 6 nitrogen and oxygen atoms in total. The second kappa shape index (κ2) is 7.49. The normalized spacial score (nSPS) is 11.8. The smallest absolute Gasteiger partial charge is 0.336 e. The summed E-state index contributed by atoms with van der Waals surface area (Å²) in [6.07, 6.45) is 0. The van der Waals surface area contributed by atoms with E-state index < -0.39 is 5.97 Å². The summed E-state index contributed by atoms with van der Waals surface area (Å²) in [6.45, 7) is 3.71. The van der Waals surface area contributed by atoms with Crippen LogP contribution in [0.2, 0.25) is 0 Å². The monoisotopic (exact) mass is 281 g/mol. The van der Waals surface area contributed by atoms with E-state index in [0.717, 1.165) is 0 Å². The van der Waals surface area contributed by atoms with Crippen molar-refractivity contribution in [2.75, 3.05) is 20.3 Å². The van der Waals surface area contributed by atoms with Crippen LogP contribution in [0, 0.1) is 6.92 Å². The van der Waals surface area contributed by atoms with Crippen molar-refractivity contribution in [3.8, 4) is 5.75 Å². The number of carbonyl (C=O) groups is 2. The van der Waals surface area contributed by atoms with Crippen molar-refractivity contribution in [1.29, 1.82) is 0 Å². The van der Waals surface area contributed by atoms with Crippen molar-refractivity contribution >= 4 is 11.9 Å². The van der Waals surface area contributed by atoms with Crippen molar-refractivity contribution in [1.82, 2.24) is 5.32 Å². The SMILES string of the molecule is COCC(C)NC(=O)COc1cccc(C(=O)O)c1C. The van der Waals surface area contributed by atoms with E-state index in [2.05, 4.69) is 5.32 Å². The number of carboxylic acid groups (broad SMARTS) is 1. The molecular formula is C14H19NO5. The molecule has 0 aromatic heterocycles. The van der Waals surface area contributed by atoms with E-state index in [-0.39, 0.29) is 24.1 Å². The molecule has 1 rings (SSSR count). The number of nitrogens with one attached hydrogen (secondary N) is 1. The fourth-order valence-corrected chi connectivity index (χ4v) is 1.75. The fraction of sp³-hybridized carbons (Fsp3) is 0.429. The molecule has 110 valence electrons. The van der Waals surface area contributed by atoms with Gasteiger partial charge in [0, 0.05) is 18.7 Å². The first kappa shape index (κ1) is 16.0. The minimum absolute atomic E-state index is 0.109. The highest BCUT2D eigenvalue weighted by Crippen LogP contribution is 2.21. The third-order valence-electron chi connectivity index (χ3n) is 2.70. The predicted molar refractivity (Wildman–Crippen MR) is 73.1 cm³/mol. The number of amides is 1. The summed E-state index contributed by atoms with van der Waals surface area (Å²) in [7, 11) is 1.56. The molecule has 0 aliphatic carbocycles. The number of aromatic carboxylic acids is 1. The minimum Gasteiger partial charge on any atom is -0.483 e. The zero-order valence-corrected chi connectivity index (χ0v) is 11.8. The zero-order valence-electron chi connectivity index (χ0n) is 11.8. The van der Waals surface area contributed by atoms with Gasteiger partial charge in [-0.1, -0.05) is 6.07 Å². The van der Waals surface area contributed by atoms with Crippen molar-refractivity contribution in [2.24, 2.45) is 0 Å². The molecule has 0 saturated carbocycles. The Hall–Kier alpha value is -2.08. The molecule has 0 bridgehead atoms. The molecule has 0 aliphatic rings. The Morgan fingerprint density at radius 3 is 2.70 bits per heavy atom. The number of carbonyl (C=O) groups excluding carboxylic acids is 1. The largest absolute Gasteiger partial charge is 0.483 e. The molecule has 0 aliphatic heterocycles. The van der Waals surface area contributed by atoms with E-state index in [4.69, 9.17) is 14.6 Å². The third kappa shape index (κ3) is 4.55. The molecule has 0 heterocycles. The van der Waals surface area contributed by atoms with Crippen LogP contribution < -0.4 is 10.1 Å². The second-order valence-electron chi connectivity index (χ2n) is 4.45. The van der Waals surface area contributed by atoms with E-state index in [1.165, 1.54) is 6.07 Å². The molecule has 1 amide bonds. The van der Waals surface area contributed by atoms with Crippen LogP contribution in [-0.4, -0.2) is 43.3 Å². The van der Waals surface area contributed by atoms with Crippen LogP contribution in [0.3, 0.4) is 0 Å². The standard InChI is InChI=1S/C14H19NO5/c1-9(7-19-3)15-13(16)8-20-12-6-4-5-11(10(12)2)14(17)18/h4-6,9H,7-8H2,1-3H3,(H,15,16)(H,17,18). The summed E-state index contributed by atoms with van der Waals surface area (Å²) in [6, 6.07) is 4.60. The van der Waals surface area contributed by atoms with Gasteiger partial charge < -0.3 is 19.9 Å². The average Bonchev–Trinajstić information content (AvgIpc) is 2.37. The minimum atomic E-state index is -1.02. The van der Waals surface area contributed by atoms with Gasteiger partial charge in [0.1, 0.15) is 5.75 Å². The quantitative estimate of drug-likeness (QED) is 0.785. The lowest BCUT2D eigenvalue weighted by Gasteiger charge is -2.14. The van der Waals surface area contributed by atoms with E-state index in [1.54, 1.807) is 26.2 Å². The zero-order chi connectivity index (χ0) is 15.1. The Bertz CT molecular complexity index is 486. The number of carboxylic acids is 1. The molecule has 1 aromatic carbocycles. The van der Waals surface area contributed by atoms with E-state index in [1.807, 2.05) is 6.92 Å². The first-order valence-corrected chi connectivity index (χ1v) is 6.19. The van der Waals surface area contributed by atoms with Gasteiger partial charge in [-0.15, -0.1) is 0 Å². The van der Waals surface area contributed by atoms with Gasteiger partial charge >= 0.3 is 5.97 Å². The van der Waals surface area contributed by atoms with Gasteiger partial charge in [-0.3, -0.25) is 4.79 Å². The molecule has 1 aromatic rings. The van der Waals surface area contributed by atoms with Crippen LogP contribution in [0.15, 0.2) is 18.2 Å². The number of hydrogen-bond acceptors (Lipinski definition) is 4. The Morgan fingerprint density at radius 1 is 1.40 bits per heavy atom. The molecular weight excluding hydrogens is 262 g/mol. The van der Waals surface area contributed by atoms with Gasteiger partial charge in [-0.2, -0.15) is 0 Å². The summed E-state index contributed by atoms with van der Waals surface area (Å²) in [4.78, 5) is 22.6. The molecule has 2 N–H and O–H groups in total. The Balaban J connectivity index is 2.60. The lowest BCUT2D eigenvalue weighted by Crippen LogP contribution is -2.38. The van der Waals surface area contributed by atoms with Crippen LogP contribution in [0.5, 0.6) is 5.75 Å². The maximum absolute atomic E-state index is 11.6. The molecule has 20 heavy (non-hydrogen) atoms. The van der Waals surface area contributed by atoms with E-state index in [0.29, 0.717) is 17.9 Å². The van der Waals surface area contributed by atoms with Crippen molar-refractivity contribution in [3.63, 3.8) is 0 Å². The first-order chi connectivity index (χ1) is 9.45. The van der Waals surface area contributed by atoms with Crippen LogP contribution in [0.4, 0.5) is 0 Å². The summed E-state index contributed by atoms with van der Waals surface area (Å²) in [5.74, 6) is -0.916. The highest BCUT2D eigenvalue weighted by atomic mass is 16.5. The summed E-state index contributed by atoms with van der Waals surface area (Å²) >= 11 is 0. The van der Waals surface area contributed by atoms with Crippen molar-refractivity contribution < 1.29 is 24.2 Å². The Morgan fingerprint density at radius 2 is 2.10 bits per heavy atom. The lowest BCUT2D eigenvalue weighted by atomic mass is 10.1. The first-order valence-electron chi connectivity index (χ1n) is 6.19. The number of rotatable bonds is 7. The van der Waals surface area contributed by atoms with Gasteiger partial charge in [0.15, 0.2) is 6.61 Å². The van der Waals surface area contributed by atoms with Crippen molar-refractivity contribution in [3.05, 3.63) is 29.3 Å². The van der Waals surface area contributed by atoms with Crippen molar-refractivity contribution in [2.45, 2.75) is 19.9 Å². The van der Waals surface area contributed by atoms with Crippen LogP contribution in [0.1, 0.15) is 22.8 Å². The maximum atomic E-state index is 11.6. The molecule has 1 unspecified atom stereocenters. The summed E-state index contributed by atoms with van der Waals surface area (Å²) in [5.41, 5.74) is 0.661. The summed E-state index contributed by atoms with van der Waals surface area (Å²) in [5, 5.41) is 11.7. The number of benzene rings is 1. The van der Waals surface area contributed by atoms with Gasteiger partial charge in [-0.05, 0) is 26.0 Å². The third-order valence-corrected chi connectivity index (χ3v) is 2.70. The molecule has 0 radical (unpaired) electrons. The second-order valence-corrected chi connectivity index (χ2v) is 4.45. The number of ether oxygens (including phenoxy) is 2. The molecule has 6 heteroatoms. The highest BCUT2D eigenvalue weighted by molar-refractivity contribution is 5.90. The maximum Gasteiger partial charge on any atom is 0.336 e. The number of methoxy groups -OCH3 is 1. The predicted octanol–water partition coefficient (Wildman–Crippen LogP) is 1.22. The van der Waals surface area contributed by atoms with Gasteiger partial charge in [0.25, 0.3) is 5.91 Å². The van der Waals surface area contributed by atoms with Crippen LogP contribution in [-0.2, 0) is 9.53 Å². The van der Waals surface area contributed by atoms with E-state index >= 15 is 0 Å². The number of hydrogen-bond donors (Lipinski definition) is 2. The van der Waals surface area contributed by atoms with Gasteiger partial charge in [-0.25, -0.2) is 4.79 Å². The Kier molecular flexibility index (Phi) is 5.99. The molecule has 0 fully saturated rings. The molecule has 0 saturated heterocycles. The van der Waals surface area contributed by atoms with E-state index in [9.17, 15) is 9.59 Å².